The standard InChI is InChI=1S/C16H22O6/c1-11(17)19-10-15-14(20-12(2)18)8-9-16(22-15)21-13-6-4-3-5-7-13/h4,6,8-9,13-16H,3,5,7,10H2,1-2H3/t13?,14-,15+,16-/m0/s1. The second-order valence-corrected chi connectivity index (χ2v) is 5.34. The zero-order chi connectivity index (χ0) is 15.9. The number of hydrogen-bond acceptors (Lipinski definition) is 6. The molecule has 6 nitrogen and oxygen atoms in total. The van der Waals surface area contributed by atoms with E-state index in [9.17, 15) is 9.59 Å². The van der Waals surface area contributed by atoms with E-state index in [-0.39, 0.29) is 12.7 Å². The van der Waals surface area contributed by atoms with Crippen molar-refractivity contribution in [1.29, 1.82) is 0 Å². The third kappa shape index (κ3) is 5.27. The molecule has 1 aliphatic carbocycles. The van der Waals surface area contributed by atoms with E-state index in [0.717, 1.165) is 19.3 Å². The van der Waals surface area contributed by atoms with Gasteiger partial charge in [0.05, 0.1) is 6.10 Å². The Bertz CT molecular complexity index is 456. The molecule has 122 valence electrons. The van der Waals surface area contributed by atoms with Crippen LogP contribution >= 0.6 is 0 Å². The molecule has 0 bridgehead atoms. The van der Waals surface area contributed by atoms with Gasteiger partial charge >= 0.3 is 11.9 Å². The number of carbonyl (C=O) groups excluding carboxylic acids is 2. The van der Waals surface area contributed by atoms with Gasteiger partial charge < -0.3 is 18.9 Å². The van der Waals surface area contributed by atoms with E-state index in [0.29, 0.717) is 0 Å². The van der Waals surface area contributed by atoms with Gasteiger partial charge in [0, 0.05) is 13.8 Å². The number of allylic oxidation sites excluding steroid dienone is 1. The molecule has 0 saturated heterocycles. The maximum atomic E-state index is 11.1. The van der Waals surface area contributed by atoms with Crippen molar-refractivity contribution in [3.05, 3.63) is 24.3 Å². The van der Waals surface area contributed by atoms with Crippen molar-refractivity contribution >= 4 is 11.9 Å². The summed E-state index contributed by atoms with van der Waals surface area (Å²) in [6.07, 6.45) is 8.99. The zero-order valence-electron chi connectivity index (χ0n) is 12.9. The Morgan fingerprint density at radius 1 is 1.18 bits per heavy atom. The predicted octanol–water partition coefficient (Wildman–Crippen LogP) is 1.89. The second kappa shape index (κ2) is 8.10. The average Bonchev–Trinajstić information content (AvgIpc) is 2.48. The van der Waals surface area contributed by atoms with Crippen molar-refractivity contribution < 1.29 is 28.5 Å². The van der Waals surface area contributed by atoms with Gasteiger partial charge in [0.25, 0.3) is 0 Å². The molecule has 0 N–H and O–H groups in total. The van der Waals surface area contributed by atoms with Crippen LogP contribution in [0.5, 0.6) is 0 Å². The average molecular weight is 310 g/mol. The molecule has 1 unspecified atom stereocenters. The Morgan fingerprint density at radius 3 is 2.64 bits per heavy atom. The summed E-state index contributed by atoms with van der Waals surface area (Å²) in [5.74, 6) is -0.826. The molecular weight excluding hydrogens is 288 g/mol. The van der Waals surface area contributed by atoms with Crippen LogP contribution < -0.4 is 0 Å². The maximum absolute atomic E-state index is 11.1. The minimum atomic E-state index is -0.585. The lowest BCUT2D eigenvalue weighted by molar-refractivity contribution is -0.205. The van der Waals surface area contributed by atoms with Crippen molar-refractivity contribution in [2.24, 2.45) is 0 Å². The van der Waals surface area contributed by atoms with Crippen LogP contribution in [0.4, 0.5) is 0 Å². The molecule has 0 radical (unpaired) electrons. The first-order valence-corrected chi connectivity index (χ1v) is 7.51. The van der Waals surface area contributed by atoms with Crippen LogP contribution in [0, 0.1) is 0 Å². The number of esters is 2. The smallest absolute Gasteiger partial charge is 0.303 e. The van der Waals surface area contributed by atoms with Crippen LogP contribution in [0.1, 0.15) is 33.1 Å². The van der Waals surface area contributed by atoms with Gasteiger partial charge in [0.2, 0.25) is 0 Å². The van der Waals surface area contributed by atoms with E-state index < -0.39 is 30.4 Å². The molecule has 0 fully saturated rings. The topological polar surface area (TPSA) is 71.1 Å². The van der Waals surface area contributed by atoms with E-state index >= 15 is 0 Å². The SMILES string of the molecule is CC(=O)OC[C@H]1O[C@H](OC2C=CCCC2)C=C[C@@H]1OC(C)=O. The number of hydrogen-bond donors (Lipinski definition) is 0. The summed E-state index contributed by atoms with van der Waals surface area (Å²) in [7, 11) is 0. The minimum absolute atomic E-state index is 0.0119. The summed E-state index contributed by atoms with van der Waals surface area (Å²) in [5.41, 5.74) is 0. The van der Waals surface area contributed by atoms with E-state index in [2.05, 4.69) is 6.08 Å². The van der Waals surface area contributed by atoms with Crippen molar-refractivity contribution in [3.8, 4) is 0 Å². The normalized spacial score (nSPS) is 30.8. The molecule has 22 heavy (non-hydrogen) atoms. The first-order valence-electron chi connectivity index (χ1n) is 7.51. The summed E-state index contributed by atoms with van der Waals surface area (Å²) in [6, 6.07) is 0. The quantitative estimate of drug-likeness (QED) is 0.570. The predicted molar refractivity (Wildman–Crippen MR) is 77.9 cm³/mol. The molecule has 6 heteroatoms. The highest BCUT2D eigenvalue weighted by molar-refractivity contribution is 5.66. The van der Waals surface area contributed by atoms with Crippen LogP contribution in [0.25, 0.3) is 0 Å². The van der Waals surface area contributed by atoms with Crippen LogP contribution in [0.15, 0.2) is 24.3 Å². The second-order valence-electron chi connectivity index (χ2n) is 5.34. The van der Waals surface area contributed by atoms with Crippen molar-refractivity contribution in [1.82, 2.24) is 0 Å². The molecule has 2 rings (SSSR count). The molecule has 4 atom stereocenters. The lowest BCUT2D eigenvalue weighted by Gasteiger charge is -2.33. The highest BCUT2D eigenvalue weighted by atomic mass is 16.7. The lowest BCUT2D eigenvalue weighted by Crippen LogP contribution is -2.43. The Morgan fingerprint density at radius 2 is 2.00 bits per heavy atom. The zero-order valence-corrected chi connectivity index (χ0v) is 12.9. The van der Waals surface area contributed by atoms with Crippen molar-refractivity contribution in [2.75, 3.05) is 6.61 Å². The van der Waals surface area contributed by atoms with Crippen LogP contribution in [0.2, 0.25) is 0 Å². The first-order chi connectivity index (χ1) is 10.5. The molecule has 1 heterocycles. The summed E-state index contributed by atoms with van der Waals surface area (Å²) >= 11 is 0. The summed E-state index contributed by atoms with van der Waals surface area (Å²) in [5, 5.41) is 0. The van der Waals surface area contributed by atoms with Gasteiger partial charge in [-0.1, -0.05) is 12.2 Å². The Balaban J connectivity index is 1.96. The van der Waals surface area contributed by atoms with Gasteiger partial charge in [0.15, 0.2) is 6.29 Å². The molecule has 0 saturated carbocycles. The van der Waals surface area contributed by atoms with E-state index in [1.165, 1.54) is 13.8 Å². The summed E-state index contributed by atoms with van der Waals surface area (Å²) in [6.45, 7) is 2.66. The van der Waals surface area contributed by atoms with Crippen LogP contribution in [-0.4, -0.2) is 43.1 Å². The lowest BCUT2D eigenvalue weighted by atomic mass is 10.1. The van der Waals surface area contributed by atoms with E-state index in [4.69, 9.17) is 18.9 Å². The minimum Gasteiger partial charge on any atom is -0.463 e. The largest absolute Gasteiger partial charge is 0.463 e. The fourth-order valence-corrected chi connectivity index (χ4v) is 2.40. The van der Waals surface area contributed by atoms with Gasteiger partial charge in [-0.2, -0.15) is 0 Å². The molecule has 0 spiro atoms. The summed E-state index contributed by atoms with van der Waals surface area (Å²) in [4.78, 5) is 22.1. The Labute approximate surface area is 130 Å². The van der Waals surface area contributed by atoms with Gasteiger partial charge in [-0.15, -0.1) is 0 Å². The van der Waals surface area contributed by atoms with Crippen LogP contribution in [-0.2, 0) is 28.5 Å². The highest BCUT2D eigenvalue weighted by Crippen LogP contribution is 2.22. The third-order valence-electron chi connectivity index (χ3n) is 3.41. The third-order valence-corrected chi connectivity index (χ3v) is 3.41. The number of carbonyl (C=O) groups is 2. The Hall–Kier alpha value is -1.66. The number of ether oxygens (including phenoxy) is 4. The van der Waals surface area contributed by atoms with Gasteiger partial charge in [-0.25, -0.2) is 0 Å². The molecule has 0 amide bonds. The molecule has 1 aliphatic heterocycles. The number of rotatable bonds is 5. The molecule has 0 aromatic rings. The monoisotopic (exact) mass is 310 g/mol. The highest BCUT2D eigenvalue weighted by Gasteiger charge is 2.31. The van der Waals surface area contributed by atoms with Crippen LogP contribution in [0.3, 0.4) is 0 Å². The van der Waals surface area contributed by atoms with E-state index in [1.807, 2.05) is 6.08 Å². The fourth-order valence-electron chi connectivity index (χ4n) is 2.40. The van der Waals surface area contributed by atoms with Gasteiger partial charge in [-0.05, 0) is 31.4 Å². The van der Waals surface area contributed by atoms with Crippen molar-refractivity contribution in [2.45, 2.75) is 57.7 Å². The van der Waals surface area contributed by atoms with Crippen molar-refractivity contribution in [3.63, 3.8) is 0 Å². The molecule has 0 aromatic carbocycles. The first kappa shape index (κ1) is 16.7. The maximum Gasteiger partial charge on any atom is 0.303 e. The van der Waals surface area contributed by atoms with E-state index in [1.54, 1.807) is 12.2 Å². The van der Waals surface area contributed by atoms with Gasteiger partial charge in [-0.3, -0.25) is 9.59 Å². The Kier molecular flexibility index (Phi) is 6.15. The van der Waals surface area contributed by atoms with Gasteiger partial charge in [0.1, 0.15) is 18.8 Å². The molecular formula is C16H22O6. The molecule has 0 aromatic heterocycles. The summed E-state index contributed by atoms with van der Waals surface area (Å²) < 4.78 is 21.7. The molecule has 2 aliphatic rings. The fraction of sp³-hybridized carbons (Fsp3) is 0.625.